The summed E-state index contributed by atoms with van der Waals surface area (Å²) in [5.41, 5.74) is 4.63. The van der Waals surface area contributed by atoms with Crippen LogP contribution in [0.2, 0.25) is 0 Å². The zero-order valence-corrected chi connectivity index (χ0v) is 22.6. The van der Waals surface area contributed by atoms with Crippen molar-refractivity contribution in [3.8, 4) is 0 Å². The van der Waals surface area contributed by atoms with E-state index in [1.165, 1.54) is 43.5 Å². The first-order valence-corrected chi connectivity index (χ1v) is 14.0. The molecule has 0 spiro atoms. The van der Waals surface area contributed by atoms with E-state index >= 15 is 0 Å². The molecule has 0 radical (unpaired) electrons. The molecule has 0 saturated heterocycles. The maximum absolute atomic E-state index is 13.6. The number of nitro groups is 1. The molecule has 1 unspecified atom stereocenters. The smallest absolute Gasteiger partial charge is 0.269 e. The topological polar surface area (TPSA) is 117 Å². The van der Waals surface area contributed by atoms with Crippen molar-refractivity contribution in [2.75, 3.05) is 18.0 Å². The van der Waals surface area contributed by atoms with Crippen LogP contribution in [0.1, 0.15) is 68.3 Å². The minimum absolute atomic E-state index is 0.0820. The molecule has 0 heterocycles. The van der Waals surface area contributed by atoms with E-state index in [1.807, 2.05) is 24.3 Å². The Hall–Kier alpha value is -3.75. The van der Waals surface area contributed by atoms with Crippen LogP contribution in [0.5, 0.6) is 0 Å². The summed E-state index contributed by atoms with van der Waals surface area (Å²) in [6.07, 6.45) is 8.04. The van der Waals surface area contributed by atoms with Gasteiger partial charge in [0.2, 0.25) is 0 Å². The van der Waals surface area contributed by atoms with Crippen LogP contribution < -0.4 is 15.6 Å². The monoisotopic (exact) mass is 531 g/mol. The van der Waals surface area contributed by atoms with Gasteiger partial charge in [-0.1, -0.05) is 12.1 Å². The van der Waals surface area contributed by atoms with E-state index in [2.05, 4.69) is 34.6 Å². The summed E-state index contributed by atoms with van der Waals surface area (Å²) >= 11 is 0. The first-order valence-electron chi connectivity index (χ1n) is 14.0. The number of hydrogen-bond donors (Lipinski definition) is 2. The molecule has 4 bridgehead atoms. The second-order valence-corrected chi connectivity index (χ2v) is 11.5. The van der Waals surface area contributed by atoms with Crippen molar-refractivity contribution < 1.29 is 14.5 Å². The lowest BCUT2D eigenvalue weighted by atomic mass is 9.47. The highest BCUT2D eigenvalue weighted by atomic mass is 16.6. The average molecular weight is 532 g/mol. The summed E-state index contributed by atoms with van der Waals surface area (Å²) in [5, 5.41) is 18.3. The van der Waals surface area contributed by atoms with Gasteiger partial charge in [-0.05, 0) is 100.0 Å². The van der Waals surface area contributed by atoms with Gasteiger partial charge in [-0.25, -0.2) is 5.43 Å². The van der Waals surface area contributed by atoms with Crippen LogP contribution >= 0.6 is 0 Å². The fraction of sp³-hybridized carbons (Fsp3) is 0.500. The largest absolute Gasteiger partial charge is 0.372 e. The van der Waals surface area contributed by atoms with Crippen molar-refractivity contribution in [1.82, 2.24) is 10.7 Å². The molecule has 4 fully saturated rings. The number of nitrogens with one attached hydrogen (secondary N) is 2. The van der Waals surface area contributed by atoms with Gasteiger partial charge in [0.1, 0.15) is 6.04 Å². The van der Waals surface area contributed by atoms with Crippen molar-refractivity contribution in [3.05, 3.63) is 69.8 Å². The fourth-order valence-electron chi connectivity index (χ4n) is 7.57. The summed E-state index contributed by atoms with van der Waals surface area (Å²) in [5.74, 6) is 1.06. The quantitative estimate of drug-likeness (QED) is 0.257. The number of non-ortho nitro benzene ring substituents is 1. The third-order valence-corrected chi connectivity index (χ3v) is 8.99. The maximum atomic E-state index is 13.6. The van der Waals surface area contributed by atoms with Gasteiger partial charge in [0.15, 0.2) is 0 Å². The Bertz CT molecular complexity index is 1200. The molecule has 206 valence electrons. The predicted molar refractivity (Wildman–Crippen MR) is 151 cm³/mol. The summed E-state index contributed by atoms with van der Waals surface area (Å²) in [6, 6.07) is 12.8. The van der Waals surface area contributed by atoms with Crippen LogP contribution in [0, 0.1) is 33.3 Å². The van der Waals surface area contributed by atoms with Crippen LogP contribution in [0.4, 0.5) is 11.4 Å². The third kappa shape index (κ3) is 5.67. The maximum Gasteiger partial charge on any atom is 0.269 e. The highest BCUT2D eigenvalue weighted by molar-refractivity contribution is 5.98. The van der Waals surface area contributed by atoms with Gasteiger partial charge in [-0.15, -0.1) is 0 Å². The molecule has 9 nitrogen and oxygen atoms in total. The van der Waals surface area contributed by atoms with Gasteiger partial charge in [0, 0.05) is 41.9 Å². The van der Waals surface area contributed by atoms with Crippen LogP contribution in [-0.4, -0.2) is 42.1 Å². The Morgan fingerprint density at radius 3 is 2.08 bits per heavy atom. The van der Waals surface area contributed by atoms with Gasteiger partial charge < -0.3 is 10.2 Å². The van der Waals surface area contributed by atoms with E-state index in [-0.39, 0.29) is 17.0 Å². The summed E-state index contributed by atoms with van der Waals surface area (Å²) in [4.78, 5) is 39.7. The minimum Gasteiger partial charge on any atom is -0.372 e. The van der Waals surface area contributed by atoms with Crippen molar-refractivity contribution in [2.45, 2.75) is 58.4 Å². The van der Waals surface area contributed by atoms with E-state index < -0.39 is 16.9 Å². The lowest BCUT2D eigenvalue weighted by Crippen LogP contribution is -2.61. The number of nitrogens with zero attached hydrogens (tertiary/aromatic N) is 3. The van der Waals surface area contributed by atoms with Crippen molar-refractivity contribution in [3.63, 3.8) is 0 Å². The number of anilines is 1. The zero-order chi connectivity index (χ0) is 27.6. The van der Waals surface area contributed by atoms with Crippen LogP contribution in [0.15, 0.2) is 53.6 Å². The molecular weight excluding hydrogens is 494 g/mol. The molecule has 2 aromatic carbocycles. The molecule has 9 heteroatoms. The van der Waals surface area contributed by atoms with E-state index in [4.69, 9.17) is 0 Å². The minimum atomic E-state index is -0.726. The molecule has 4 saturated carbocycles. The van der Waals surface area contributed by atoms with Gasteiger partial charge in [-0.3, -0.25) is 19.7 Å². The summed E-state index contributed by atoms with van der Waals surface area (Å²) in [6.45, 7) is 6.10. The molecule has 6 rings (SSSR count). The number of carbonyl (C=O) groups is 2. The van der Waals surface area contributed by atoms with Gasteiger partial charge >= 0.3 is 0 Å². The van der Waals surface area contributed by atoms with E-state index in [0.717, 1.165) is 43.6 Å². The number of hydrogen-bond acceptors (Lipinski definition) is 6. The van der Waals surface area contributed by atoms with Crippen molar-refractivity contribution in [1.29, 1.82) is 0 Å². The molecule has 2 amide bonds. The van der Waals surface area contributed by atoms with Crippen molar-refractivity contribution >= 4 is 29.4 Å². The number of nitro benzene ring substituents is 1. The highest BCUT2D eigenvalue weighted by Gasteiger charge is 2.56. The Morgan fingerprint density at radius 1 is 1.00 bits per heavy atom. The fourth-order valence-corrected chi connectivity index (χ4v) is 7.57. The molecule has 0 aromatic heterocycles. The number of amides is 2. The third-order valence-electron chi connectivity index (χ3n) is 8.99. The number of benzene rings is 2. The molecular formula is C30H37N5O4. The van der Waals surface area contributed by atoms with Gasteiger partial charge in [0.25, 0.3) is 17.5 Å². The van der Waals surface area contributed by atoms with E-state index in [0.29, 0.717) is 23.3 Å². The standard InChI is InChI=1S/C30H37N5O4/c1-3-34(4-2)25-9-5-20(6-10-25)19-31-33-29(37)27(30-16-21-13-22(17-30)15-23(14-21)18-30)32-28(36)24-7-11-26(12-8-24)35(38)39/h5-12,19,21-23,27H,3-4,13-18H2,1-2H3,(H,32,36)(H,33,37)/b31-19+. The SMILES string of the molecule is CCN(CC)c1ccc(/C=N/NC(=O)C(NC(=O)c2ccc([N+](=O)[O-])cc2)C23CC4CC(CC(C4)C2)C3)cc1. The van der Waals surface area contributed by atoms with Gasteiger partial charge in [-0.2, -0.15) is 5.10 Å². The summed E-state index contributed by atoms with van der Waals surface area (Å²) in [7, 11) is 0. The first kappa shape index (κ1) is 26.8. The van der Waals surface area contributed by atoms with E-state index in [9.17, 15) is 19.7 Å². The zero-order valence-electron chi connectivity index (χ0n) is 22.6. The number of carbonyl (C=O) groups excluding carboxylic acids is 2. The molecule has 1 atom stereocenters. The molecule has 4 aliphatic carbocycles. The Balaban J connectivity index is 1.33. The number of rotatable bonds is 10. The predicted octanol–water partition coefficient (Wildman–Crippen LogP) is 4.91. The molecule has 2 aromatic rings. The van der Waals surface area contributed by atoms with E-state index in [1.54, 1.807) is 6.21 Å². The lowest BCUT2D eigenvalue weighted by molar-refractivity contribution is -0.384. The molecule has 2 N–H and O–H groups in total. The Kier molecular flexibility index (Phi) is 7.68. The second-order valence-electron chi connectivity index (χ2n) is 11.5. The first-order chi connectivity index (χ1) is 18.8. The second kappa shape index (κ2) is 11.2. The van der Waals surface area contributed by atoms with Crippen LogP contribution in [0.3, 0.4) is 0 Å². The highest BCUT2D eigenvalue weighted by Crippen LogP contribution is 2.61. The molecule has 0 aliphatic heterocycles. The van der Waals surface area contributed by atoms with Gasteiger partial charge in [0.05, 0.1) is 11.1 Å². The van der Waals surface area contributed by atoms with Crippen molar-refractivity contribution in [2.24, 2.45) is 28.3 Å². The molecule has 4 aliphatic rings. The number of hydrazone groups is 1. The summed E-state index contributed by atoms with van der Waals surface area (Å²) < 4.78 is 0. The molecule has 39 heavy (non-hydrogen) atoms. The lowest BCUT2D eigenvalue weighted by Gasteiger charge is -2.58. The van der Waals surface area contributed by atoms with Crippen LogP contribution in [0.25, 0.3) is 0 Å². The Labute approximate surface area is 229 Å². The van der Waals surface area contributed by atoms with Crippen LogP contribution in [-0.2, 0) is 4.79 Å². The Morgan fingerprint density at radius 2 is 1.56 bits per heavy atom. The normalized spacial score (nSPS) is 25.8. The average Bonchev–Trinajstić information content (AvgIpc) is 2.92.